The molecule has 1 rings (SSSR count). The van der Waals surface area contributed by atoms with Crippen LogP contribution in [-0.4, -0.2) is 12.2 Å². The summed E-state index contributed by atoms with van der Waals surface area (Å²) in [6.45, 7) is 6.02. The highest BCUT2D eigenvalue weighted by atomic mass is 16.6. The standard InChI is InChI=1S/C18H32O/c1-3-5-7-8-9-10-11-12-14-16-18-17(19-18)15-13-6-4-2/h4,12,14,17-18H,2-3,5-11,13,15-16H2,1H3. The Labute approximate surface area is 120 Å². The highest BCUT2D eigenvalue weighted by molar-refractivity contribution is 4.93. The fourth-order valence-electron chi connectivity index (χ4n) is 2.49. The monoisotopic (exact) mass is 264 g/mol. The minimum absolute atomic E-state index is 0.519. The minimum atomic E-state index is 0.519. The van der Waals surface area contributed by atoms with Crippen molar-refractivity contribution < 1.29 is 4.74 Å². The first kappa shape index (κ1) is 16.5. The van der Waals surface area contributed by atoms with Gasteiger partial charge in [0.1, 0.15) is 0 Å². The average molecular weight is 264 g/mol. The van der Waals surface area contributed by atoms with Crippen LogP contribution in [0, 0.1) is 0 Å². The molecule has 0 amide bonds. The molecule has 0 saturated carbocycles. The van der Waals surface area contributed by atoms with Crippen molar-refractivity contribution in [1.82, 2.24) is 0 Å². The van der Waals surface area contributed by atoms with E-state index in [0.717, 1.165) is 12.8 Å². The molecule has 0 aromatic heterocycles. The first-order valence-electron chi connectivity index (χ1n) is 8.29. The Morgan fingerprint density at radius 1 is 0.895 bits per heavy atom. The predicted molar refractivity (Wildman–Crippen MR) is 84.5 cm³/mol. The van der Waals surface area contributed by atoms with E-state index in [0.29, 0.717) is 12.2 Å². The van der Waals surface area contributed by atoms with Gasteiger partial charge in [-0.3, -0.25) is 0 Å². The fourth-order valence-corrected chi connectivity index (χ4v) is 2.49. The Balaban J connectivity index is 1.82. The zero-order valence-corrected chi connectivity index (χ0v) is 12.8. The molecule has 0 aromatic rings. The van der Waals surface area contributed by atoms with E-state index in [4.69, 9.17) is 4.74 Å². The predicted octanol–water partition coefficient (Wildman–Crippen LogP) is 5.81. The highest BCUT2D eigenvalue weighted by Crippen LogP contribution is 2.30. The molecule has 1 nitrogen and oxygen atoms in total. The summed E-state index contributed by atoms with van der Waals surface area (Å²) in [5.74, 6) is 0. The maximum absolute atomic E-state index is 5.65. The summed E-state index contributed by atoms with van der Waals surface area (Å²) >= 11 is 0. The van der Waals surface area contributed by atoms with E-state index < -0.39 is 0 Å². The van der Waals surface area contributed by atoms with Crippen molar-refractivity contribution in [3.8, 4) is 0 Å². The van der Waals surface area contributed by atoms with Gasteiger partial charge in [0.2, 0.25) is 0 Å². The van der Waals surface area contributed by atoms with Gasteiger partial charge >= 0.3 is 0 Å². The van der Waals surface area contributed by atoms with Gasteiger partial charge in [0.05, 0.1) is 12.2 Å². The molecule has 19 heavy (non-hydrogen) atoms. The topological polar surface area (TPSA) is 12.5 Å². The molecule has 1 fully saturated rings. The molecule has 1 heterocycles. The van der Waals surface area contributed by atoms with Crippen molar-refractivity contribution in [2.24, 2.45) is 0 Å². The van der Waals surface area contributed by atoms with Crippen LogP contribution in [0.1, 0.15) is 77.6 Å². The molecule has 0 N–H and O–H groups in total. The van der Waals surface area contributed by atoms with Crippen LogP contribution in [0.15, 0.2) is 24.8 Å². The zero-order chi connectivity index (χ0) is 13.8. The van der Waals surface area contributed by atoms with Crippen LogP contribution in [0.5, 0.6) is 0 Å². The van der Waals surface area contributed by atoms with Crippen LogP contribution in [0.25, 0.3) is 0 Å². The second-order valence-corrected chi connectivity index (χ2v) is 5.70. The van der Waals surface area contributed by atoms with Gasteiger partial charge in [-0.15, -0.1) is 6.58 Å². The molecule has 0 aliphatic carbocycles. The summed E-state index contributed by atoms with van der Waals surface area (Å²) in [6, 6.07) is 0. The lowest BCUT2D eigenvalue weighted by atomic mass is 10.1. The van der Waals surface area contributed by atoms with Gasteiger partial charge in [0.15, 0.2) is 0 Å². The van der Waals surface area contributed by atoms with E-state index in [-0.39, 0.29) is 0 Å². The SMILES string of the molecule is C=CCCCC1OC1CC=CCCCCCCCC. The number of epoxide rings is 1. The number of allylic oxidation sites excluding steroid dienone is 2. The van der Waals surface area contributed by atoms with Crippen LogP contribution in [0.2, 0.25) is 0 Å². The van der Waals surface area contributed by atoms with Gasteiger partial charge in [-0.2, -0.15) is 0 Å². The van der Waals surface area contributed by atoms with Crippen LogP contribution in [0.3, 0.4) is 0 Å². The molecule has 1 heteroatoms. The molecule has 1 aliphatic rings. The number of hydrogen-bond acceptors (Lipinski definition) is 1. The maximum Gasteiger partial charge on any atom is 0.0876 e. The quantitative estimate of drug-likeness (QED) is 0.232. The van der Waals surface area contributed by atoms with Crippen molar-refractivity contribution in [2.45, 2.75) is 89.8 Å². The first-order valence-corrected chi connectivity index (χ1v) is 8.29. The van der Waals surface area contributed by atoms with Gasteiger partial charge in [-0.25, -0.2) is 0 Å². The second kappa shape index (κ2) is 11.3. The van der Waals surface area contributed by atoms with Gasteiger partial charge in [0, 0.05) is 0 Å². The third-order valence-corrected chi connectivity index (χ3v) is 3.84. The molecule has 2 unspecified atom stereocenters. The molecular weight excluding hydrogens is 232 g/mol. The summed E-state index contributed by atoms with van der Waals surface area (Å²) in [6.07, 6.45) is 22.0. The lowest BCUT2D eigenvalue weighted by Crippen LogP contribution is -1.92. The van der Waals surface area contributed by atoms with E-state index in [2.05, 4.69) is 25.7 Å². The first-order chi connectivity index (χ1) is 9.38. The lowest BCUT2D eigenvalue weighted by molar-refractivity contribution is 0.361. The molecule has 0 aromatic carbocycles. The fraction of sp³-hybridized carbons (Fsp3) is 0.778. The van der Waals surface area contributed by atoms with E-state index in [1.807, 2.05) is 6.08 Å². The van der Waals surface area contributed by atoms with Crippen LogP contribution in [0.4, 0.5) is 0 Å². The maximum atomic E-state index is 5.65. The molecule has 1 aliphatic heterocycles. The Morgan fingerprint density at radius 2 is 1.68 bits per heavy atom. The van der Waals surface area contributed by atoms with Gasteiger partial charge < -0.3 is 4.74 Å². The summed E-state index contributed by atoms with van der Waals surface area (Å²) in [7, 11) is 0. The van der Waals surface area contributed by atoms with E-state index in [1.54, 1.807) is 0 Å². The Morgan fingerprint density at radius 3 is 2.47 bits per heavy atom. The van der Waals surface area contributed by atoms with Gasteiger partial charge in [-0.1, -0.05) is 57.3 Å². The van der Waals surface area contributed by atoms with E-state index in [1.165, 1.54) is 57.8 Å². The summed E-state index contributed by atoms with van der Waals surface area (Å²) < 4.78 is 5.65. The van der Waals surface area contributed by atoms with Gasteiger partial charge in [-0.05, 0) is 38.5 Å². The number of ether oxygens (including phenoxy) is 1. The van der Waals surface area contributed by atoms with Crippen molar-refractivity contribution in [3.63, 3.8) is 0 Å². The molecule has 0 bridgehead atoms. The molecule has 110 valence electrons. The number of rotatable bonds is 13. The van der Waals surface area contributed by atoms with Crippen molar-refractivity contribution in [3.05, 3.63) is 24.8 Å². The van der Waals surface area contributed by atoms with Gasteiger partial charge in [0.25, 0.3) is 0 Å². The summed E-state index contributed by atoms with van der Waals surface area (Å²) in [4.78, 5) is 0. The Hall–Kier alpha value is -0.560. The van der Waals surface area contributed by atoms with Crippen LogP contribution < -0.4 is 0 Å². The number of unbranched alkanes of at least 4 members (excludes halogenated alkanes) is 7. The molecule has 2 atom stereocenters. The normalized spacial score (nSPS) is 21.9. The summed E-state index contributed by atoms with van der Waals surface area (Å²) in [5.41, 5.74) is 0. The van der Waals surface area contributed by atoms with E-state index >= 15 is 0 Å². The summed E-state index contributed by atoms with van der Waals surface area (Å²) in [5, 5.41) is 0. The molecule has 1 saturated heterocycles. The Kier molecular flexibility index (Phi) is 9.79. The molecule has 0 spiro atoms. The second-order valence-electron chi connectivity index (χ2n) is 5.70. The number of hydrogen-bond donors (Lipinski definition) is 0. The smallest absolute Gasteiger partial charge is 0.0876 e. The van der Waals surface area contributed by atoms with Crippen molar-refractivity contribution in [2.75, 3.05) is 0 Å². The zero-order valence-electron chi connectivity index (χ0n) is 12.8. The third kappa shape index (κ3) is 9.04. The van der Waals surface area contributed by atoms with Crippen LogP contribution in [-0.2, 0) is 4.74 Å². The Bertz CT molecular complexity index is 244. The lowest BCUT2D eigenvalue weighted by Gasteiger charge is -1.97. The van der Waals surface area contributed by atoms with E-state index in [9.17, 15) is 0 Å². The van der Waals surface area contributed by atoms with Crippen LogP contribution >= 0.6 is 0 Å². The minimum Gasteiger partial charge on any atom is -0.369 e. The molecule has 0 radical (unpaired) electrons. The highest BCUT2D eigenvalue weighted by Gasteiger charge is 2.36. The average Bonchev–Trinajstić information content (AvgIpc) is 3.16. The molecular formula is C18H32O. The van der Waals surface area contributed by atoms with Crippen molar-refractivity contribution in [1.29, 1.82) is 0 Å². The third-order valence-electron chi connectivity index (χ3n) is 3.84. The van der Waals surface area contributed by atoms with Crippen molar-refractivity contribution >= 4 is 0 Å². The largest absolute Gasteiger partial charge is 0.369 e.